The Hall–Kier alpha value is -2.73. The maximum absolute atomic E-state index is 11.9. The van der Waals surface area contributed by atoms with E-state index in [1.54, 1.807) is 12.1 Å². The first-order chi connectivity index (χ1) is 11.7. The van der Waals surface area contributed by atoms with Crippen molar-refractivity contribution in [3.63, 3.8) is 0 Å². The lowest BCUT2D eigenvalue weighted by molar-refractivity contribution is 0.0956. The van der Waals surface area contributed by atoms with E-state index < -0.39 is 0 Å². The van der Waals surface area contributed by atoms with Gasteiger partial charge in [-0.15, -0.1) is 11.3 Å². The largest absolute Gasteiger partial charge is 0.351 e. The molecule has 1 amide bonds. The molecular weight excluding hydrogens is 322 g/mol. The Morgan fingerprint density at radius 2 is 1.92 bits per heavy atom. The number of nitrogens with one attached hydrogen (secondary N) is 1. The number of thiophene rings is 1. The van der Waals surface area contributed by atoms with Crippen LogP contribution in [0.4, 0.5) is 0 Å². The normalized spacial score (nSPS) is 10.5. The van der Waals surface area contributed by atoms with E-state index in [-0.39, 0.29) is 11.5 Å². The summed E-state index contributed by atoms with van der Waals surface area (Å²) in [7, 11) is 0. The number of aromatic nitrogens is 2. The number of nitrogens with zero attached hydrogens (tertiary/aromatic N) is 2. The standard InChI is InChI=1S/C18H17N3O2S/c22-17-10-9-15(14-6-2-1-3-7-14)20-21(17)12-5-11-19-18(23)16-8-4-13-24-16/h1-4,6-10,13H,5,11-12H2,(H,19,23). The molecule has 0 saturated carbocycles. The van der Waals surface area contributed by atoms with Gasteiger partial charge in [0.05, 0.1) is 10.6 Å². The van der Waals surface area contributed by atoms with Crippen molar-refractivity contribution in [3.05, 3.63) is 75.2 Å². The number of amides is 1. The molecule has 1 aromatic carbocycles. The molecule has 122 valence electrons. The second-order valence-electron chi connectivity index (χ2n) is 5.23. The lowest BCUT2D eigenvalue weighted by Gasteiger charge is -2.08. The topological polar surface area (TPSA) is 64.0 Å². The predicted octanol–water partition coefficient (Wildman–Crippen LogP) is 2.79. The summed E-state index contributed by atoms with van der Waals surface area (Å²) in [6.45, 7) is 0.963. The summed E-state index contributed by atoms with van der Waals surface area (Å²) in [6.07, 6.45) is 0.641. The van der Waals surface area contributed by atoms with Crippen LogP contribution in [0.3, 0.4) is 0 Å². The molecule has 24 heavy (non-hydrogen) atoms. The summed E-state index contributed by atoms with van der Waals surface area (Å²) in [5.41, 5.74) is 1.59. The minimum Gasteiger partial charge on any atom is -0.351 e. The minimum absolute atomic E-state index is 0.0802. The minimum atomic E-state index is -0.140. The Kier molecular flexibility index (Phi) is 5.18. The third kappa shape index (κ3) is 3.97. The highest BCUT2D eigenvalue weighted by Crippen LogP contribution is 2.14. The number of hydrogen-bond donors (Lipinski definition) is 1. The zero-order chi connectivity index (χ0) is 16.8. The molecule has 3 rings (SSSR count). The first-order valence-corrected chi connectivity index (χ1v) is 8.57. The van der Waals surface area contributed by atoms with Crippen LogP contribution in [-0.2, 0) is 6.54 Å². The zero-order valence-corrected chi connectivity index (χ0v) is 13.8. The van der Waals surface area contributed by atoms with E-state index in [0.29, 0.717) is 24.4 Å². The molecule has 1 N–H and O–H groups in total. The molecule has 0 unspecified atom stereocenters. The van der Waals surface area contributed by atoms with Crippen LogP contribution < -0.4 is 10.9 Å². The Morgan fingerprint density at radius 1 is 1.08 bits per heavy atom. The summed E-state index contributed by atoms with van der Waals surface area (Å²) >= 11 is 1.41. The van der Waals surface area contributed by atoms with E-state index in [1.165, 1.54) is 22.1 Å². The summed E-state index contributed by atoms with van der Waals surface area (Å²) in [5.74, 6) is -0.0802. The molecule has 6 heteroatoms. The predicted molar refractivity (Wildman–Crippen MR) is 95.2 cm³/mol. The van der Waals surface area contributed by atoms with Gasteiger partial charge in [-0.3, -0.25) is 9.59 Å². The summed E-state index contributed by atoms with van der Waals surface area (Å²) in [4.78, 5) is 24.5. The molecule has 0 bridgehead atoms. The fourth-order valence-electron chi connectivity index (χ4n) is 2.30. The molecule has 0 saturated heterocycles. The van der Waals surface area contributed by atoms with Crippen molar-refractivity contribution >= 4 is 17.2 Å². The van der Waals surface area contributed by atoms with Crippen molar-refractivity contribution in [2.75, 3.05) is 6.54 Å². The van der Waals surface area contributed by atoms with Gasteiger partial charge in [-0.25, -0.2) is 4.68 Å². The molecular formula is C18H17N3O2S. The maximum Gasteiger partial charge on any atom is 0.266 e. The summed E-state index contributed by atoms with van der Waals surface area (Å²) < 4.78 is 1.44. The van der Waals surface area contributed by atoms with E-state index in [1.807, 2.05) is 41.8 Å². The molecule has 2 aromatic heterocycles. The molecule has 3 aromatic rings. The van der Waals surface area contributed by atoms with Crippen molar-refractivity contribution in [1.29, 1.82) is 0 Å². The van der Waals surface area contributed by atoms with Crippen LogP contribution in [0.1, 0.15) is 16.1 Å². The molecule has 0 atom stereocenters. The Balaban J connectivity index is 1.59. The third-order valence-corrected chi connectivity index (χ3v) is 4.38. The second kappa shape index (κ2) is 7.70. The highest BCUT2D eigenvalue weighted by Gasteiger charge is 2.06. The maximum atomic E-state index is 11.9. The van der Waals surface area contributed by atoms with E-state index >= 15 is 0 Å². The molecule has 2 heterocycles. The zero-order valence-electron chi connectivity index (χ0n) is 13.0. The number of carbonyl (C=O) groups is 1. The van der Waals surface area contributed by atoms with Crippen LogP contribution in [0.5, 0.6) is 0 Å². The highest BCUT2D eigenvalue weighted by molar-refractivity contribution is 7.12. The van der Waals surface area contributed by atoms with Crippen molar-refractivity contribution in [2.24, 2.45) is 0 Å². The van der Waals surface area contributed by atoms with Gasteiger partial charge in [0, 0.05) is 24.7 Å². The van der Waals surface area contributed by atoms with Crippen molar-refractivity contribution in [2.45, 2.75) is 13.0 Å². The molecule has 0 aliphatic carbocycles. The SMILES string of the molecule is O=C(NCCCn1nc(-c2ccccc2)ccc1=O)c1cccs1. The fourth-order valence-corrected chi connectivity index (χ4v) is 2.94. The van der Waals surface area contributed by atoms with Gasteiger partial charge in [0.25, 0.3) is 11.5 Å². The van der Waals surface area contributed by atoms with Gasteiger partial charge in [0.15, 0.2) is 0 Å². The van der Waals surface area contributed by atoms with Gasteiger partial charge in [-0.2, -0.15) is 5.10 Å². The van der Waals surface area contributed by atoms with Gasteiger partial charge in [-0.05, 0) is 23.9 Å². The van der Waals surface area contributed by atoms with Gasteiger partial charge >= 0.3 is 0 Å². The van der Waals surface area contributed by atoms with Gasteiger partial charge in [-0.1, -0.05) is 36.4 Å². The Morgan fingerprint density at radius 3 is 2.67 bits per heavy atom. The number of aryl methyl sites for hydroxylation is 1. The fraction of sp³-hybridized carbons (Fsp3) is 0.167. The van der Waals surface area contributed by atoms with E-state index in [9.17, 15) is 9.59 Å². The van der Waals surface area contributed by atoms with E-state index in [0.717, 1.165) is 11.3 Å². The average Bonchev–Trinajstić information content (AvgIpc) is 3.15. The molecule has 5 nitrogen and oxygen atoms in total. The number of carbonyl (C=O) groups excluding carboxylic acids is 1. The second-order valence-corrected chi connectivity index (χ2v) is 6.18. The lowest BCUT2D eigenvalue weighted by atomic mass is 10.1. The summed E-state index contributed by atoms with van der Waals surface area (Å²) in [6, 6.07) is 16.6. The van der Waals surface area contributed by atoms with Crippen molar-refractivity contribution in [1.82, 2.24) is 15.1 Å². The van der Waals surface area contributed by atoms with Crippen LogP contribution in [0.15, 0.2) is 64.8 Å². The molecule has 0 fully saturated rings. The van der Waals surface area contributed by atoms with Gasteiger partial charge in [0.2, 0.25) is 0 Å². The smallest absolute Gasteiger partial charge is 0.266 e. The van der Waals surface area contributed by atoms with Crippen LogP contribution in [-0.4, -0.2) is 22.2 Å². The number of hydrogen-bond acceptors (Lipinski definition) is 4. The first-order valence-electron chi connectivity index (χ1n) is 7.69. The summed E-state index contributed by atoms with van der Waals surface area (Å²) in [5, 5.41) is 9.12. The Bertz CT molecular complexity index is 857. The number of rotatable bonds is 6. The van der Waals surface area contributed by atoms with Crippen LogP contribution >= 0.6 is 11.3 Å². The monoisotopic (exact) mass is 339 g/mol. The van der Waals surface area contributed by atoms with E-state index in [4.69, 9.17) is 0 Å². The number of benzene rings is 1. The average molecular weight is 339 g/mol. The molecule has 0 radical (unpaired) electrons. The van der Waals surface area contributed by atoms with Gasteiger partial charge < -0.3 is 5.32 Å². The van der Waals surface area contributed by atoms with Crippen LogP contribution in [0.2, 0.25) is 0 Å². The quantitative estimate of drug-likeness (QED) is 0.702. The molecule has 0 aliphatic rings. The van der Waals surface area contributed by atoms with Gasteiger partial charge in [0.1, 0.15) is 0 Å². The molecule has 0 aliphatic heterocycles. The highest BCUT2D eigenvalue weighted by atomic mass is 32.1. The molecule has 0 spiro atoms. The van der Waals surface area contributed by atoms with Crippen LogP contribution in [0, 0.1) is 0 Å². The lowest BCUT2D eigenvalue weighted by Crippen LogP contribution is -2.27. The van der Waals surface area contributed by atoms with Crippen molar-refractivity contribution in [3.8, 4) is 11.3 Å². The van der Waals surface area contributed by atoms with E-state index in [2.05, 4.69) is 10.4 Å². The third-order valence-electron chi connectivity index (χ3n) is 3.51. The Labute approximate surface area is 143 Å². The van der Waals surface area contributed by atoms with Crippen molar-refractivity contribution < 1.29 is 4.79 Å². The van der Waals surface area contributed by atoms with Crippen LogP contribution in [0.25, 0.3) is 11.3 Å². The first kappa shape index (κ1) is 16.1.